The molecule has 0 aliphatic carbocycles. The number of benzene rings is 1. The van der Waals surface area contributed by atoms with Crippen LogP contribution in [0.4, 0.5) is 14.6 Å². The lowest BCUT2D eigenvalue weighted by atomic mass is 10.2. The Morgan fingerprint density at radius 1 is 1.32 bits per heavy atom. The number of rotatable bonds is 6. The van der Waals surface area contributed by atoms with Crippen molar-refractivity contribution in [2.24, 2.45) is 0 Å². The summed E-state index contributed by atoms with van der Waals surface area (Å²) < 4.78 is 31.2. The summed E-state index contributed by atoms with van der Waals surface area (Å²) in [6.07, 6.45) is 0. The minimum atomic E-state index is -1.20. The fourth-order valence-electron chi connectivity index (χ4n) is 1.91. The number of aromatic amines is 1. The summed E-state index contributed by atoms with van der Waals surface area (Å²) >= 11 is 5.74. The minimum absolute atomic E-state index is 0.0364. The quantitative estimate of drug-likeness (QED) is 0.762. The molecule has 0 aliphatic rings. The lowest BCUT2D eigenvalue weighted by molar-refractivity contribution is 0.0738. The Kier molecular flexibility index (Phi) is 6.05. The van der Waals surface area contributed by atoms with Crippen molar-refractivity contribution >= 4 is 29.2 Å². The van der Waals surface area contributed by atoms with Crippen LogP contribution in [0.25, 0.3) is 0 Å². The van der Waals surface area contributed by atoms with Gasteiger partial charge in [0.1, 0.15) is 5.69 Å². The van der Waals surface area contributed by atoms with Crippen LogP contribution < -0.4 is 5.32 Å². The van der Waals surface area contributed by atoms with Crippen molar-refractivity contribution in [3.63, 3.8) is 0 Å². The van der Waals surface area contributed by atoms with Gasteiger partial charge in [-0.3, -0.25) is 14.7 Å². The van der Waals surface area contributed by atoms with Crippen LogP contribution in [-0.2, 0) is 4.74 Å². The van der Waals surface area contributed by atoms with Gasteiger partial charge >= 0.3 is 0 Å². The number of anilines is 1. The predicted molar refractivity (Wildman–Crippen MR) is 86.7 cm³/mol. The molecular weight excluding hydrogens is 358 g/mol. The second-order valence-electron chi connectivity index (χ2n) is 5.09. The summed E-state index contributed by atoms with van der Waals surface area (Å²) in [5, 5.41) is 8.38. The highest BCUT2D eigenvalue weighted by Gasteiger charge is 2.18. The number of halogens is 3. The monoisotopic (exact) mass is 372 g/mol. The molecule has 2 aromatic rings. The zero-order valence-electron chi connectivity index (χ0n) is 13.4. The van der Waals surface area contributed by atoms with E-state index in [1.54, 1.807) is 7.05 Å². The van der Waals surface area contributed by atoms with E-state index >= 15 is 0 Å². The van der Waals surface area contributed by atoms with Gasteiger partial charge in [-0.2, -0.15) is 5.10 Å². The Labute approximate surface area is 146 Å². The summed E-state index contributed by atoms with van der Waals surface area (Å²) in [6.45, 7) is 0.745. The van der Waals surface area contributed by atoms with Gasteiger partial charge in [-0.1, -0.05) is 11.6 Å². The Balaban J connectivity index is 2.09. The smallest absolute Gasteiger partial charge is 0.271 e. The highest BCUT2D eigenvalue weighted by atomic mass is 35.5. The third-order valence-electron chi connectivity index (χ3n) is 3.28. The number of aromatic nitrogens is 2. The molecule has 2 N–H and O–H groups in total. The van der Waals surface area contributed by atoms with Crippen molar-refractivity contribution < 1.29 is 23.1 Å². The lowest BCUT2D eigenvalue weighted by Crippen LogP contribution is -2.30. The maximum atomic E-state index is 13.3. The van der Waals surface area contributed by atoms with Crippen LogP contribution in [0.15, 0.2) is 18.2 Å². The maximum Gasteiger partial charge on any atom is 0.271 e. The SMILES string of the molecule is COCCN(C)C(=O)c1cc(NC(=O)c2cc(F)c(F)cc2Cl)n[nH]1. The summed E-state index contributed by atoms with van der Waals surface area (Å²) in [7, 11) is 3.10. The van der Waals surface area contributed by atoms with Gasteiger partial charge in [-0.05, 0) is 12.1 Å². The van der Waals surface area contributed by atoms with Crippen LogP contribution in [0, 0.1) is 11.6 Å². The molecule has 1 heterocycles. The normalized spacial score (nSPS) is 10.6. The number of carbonyl (C=O) groups excluding carboxylic acids is 2. The molecule has 0 saturated heterocycles. The first-order valence-corrected chi connectivity index (χ1v) is 7.47. The molecule has 25 heavy (non-hydrogen) atoms. The first kappa shape index (κ1) is 18.8. The molecular formula is C15H15ClF2N4O3. The minimum Gasteiger partial charge on any atom is -0.383 e. The van der Waals surface area contributed by atoms with Gasteiger partial charge in [0, 0.05) is 26.8 Å². The molecule has 0 atom stereocenters. The van der Waals surface area contributed by atoms with Crippen LogP contribution in [0.2, 0.25) is 5.02 Å². The second-order valence-corrected chi connectivity index (χ2v) is 5.49. The van der Waals surface area contributed by atoms with Crippen molar-refractivity contribution in [2.75, 3.05) is 32.6 Å². The van der Waals surface area contributed by atoms with Gasteiger partial charge < -0.3 is 15.0 Å². The first-order valence-electron chi connectivity index (χ1n) is 7.09. The molecule has 0 aliphatic heterocycles. The Morgan fingerprint density at radius 2 is 2.00 bits per heavy atom. The molecule has 0 radical (unpaired) electrons. The molecule has 0 bridgehead atoms. The lowest BCUT2D eigenvalue weighted by Gasteiger charge is -2.14. The first-order chi connectivity index (χ1) is 11.8. The van der Waals surface area contributed by atoms with Crippen molar-refractivity contribution in [3.8, 4) is 0 Å². The molecule has 0 unspecified atom stereocenters. The molecule has 7 nitrogen and oxygen atoms in total. The van der Waals surface area contributed by atoms with E-state index in [1.807, 2.05) is 0 Å². The molecule has 134 valence electrons. The zero-order valence-corrected chi connectivity index (χ0v) is 14.2. The molecule has 1 aromatic carbocycles. The van der Waals surface area contributed by atoms with Crippen molar-refractivity contribution in [1.29, 1.82) is 0 Å². The highest BCUT2D eigenvalue weighted by molar-refractivity contribution is 6.34. The third kappa shape index (κ3) is 4.52. The maximum absolute atomic E-state index is 13.3. The molecule has 1 aromatic heterocycles. The number of hydrogen-bond donors (Lipinski definition) is 2. The second kappa shape index (κ2) is 8.04. The molecule has 0 saturated carbocycles. The van der Waals surface area contributed by atoms with Gasteiger partial charge in [-0.15, -0.1) is 0 Å². The molecule has 2 amide bonds. The van der Waals surface area contributed by atoms with E-state index in [1.165, 1.54) is 18.1 Å². The average Bonchev–Trinajstić information content (AvgIpc) is 3.03. The summed E-state index contributed by atoms with van der Waals surface area (Å²) in [5.41, 5.74) is -0.112. The van der Waals surface area contributed by atoms with Crippen molar-refractivity contribution in [3.05, 3.63) is 46.1 Å². The van der Waals surface area contributed by atoms with Crippen LogP contribution >= 0.6 is 11.6 Å². The van der Waals surface area contributed by atoms with Crippen molar-refractivity contribution in [1.82, 2.24) is 15.1 Å². The summed E-state index contributed by atoms with van der Waals surface area (Å²) in [6, 6.07) is 2.71. The summed E-state index contributed by atoms with van der Waals surface area (Å²) in [5.74, 6) is -3.46. The fourth-order valence-corrected chi connectivity index (χ4v) is 2.15. The van der Waals surface area contributed by atoms with E-state index < -0.39 is 17.5 Å². The number of methoxy groups -OCH3 is 1. The van der Waals surface area contributed by atoms with Gasteiger partial charge in [0.15, 0.2) is 17.5 Å². The summed E-state index contributed by atoms with van der Waals surface area (Å²) in [4.78, 5) is 25.6. The number of H-pyrrole nitrogens is 1. The van der Waals surface area contributed by atoms with E-state index in [2.05, 4.69) is 15.5 Å². The molecule has 2 rings (SSSR count). The number of amides is 2. The van der Waals surface area contributed by atoms with E-state index in [0.717, 1.165) is 0 Å². The Bertz CT molecular complexity index is 797. The Morgan fingerprint density at radius 3 is 2.68 bits per heavy atom. The van der Waals surface area contributed by atoms with E-state index in [4.69, 9.17) is 16.3 Å². The standard InChI is InChI=1S/C15H15ClF2N4O3/c1-22(3-4-25-2)15(24)12-7-13(21-20-12)19-14(23)8-5-10(17)11(18)6-9(8)16/h5-7H,3-4H2,1-2H3,(H2,19,20,21,23). The van der Waals surface area contributed by atoms with Crippen LogP contribution in [0.5, 0.6) is 0 Å². The van der Waals surface area contributed by atoms with Crippen LogP contribution in [0.3, 0.4) is 0 Å². The van der Waals surface area contributed by atoms with Gasteiger partial charge in [-0.25, -0.2) is 8.78 Å². The topological polar surface area (TPSA) is 87.3 Å². The van der Waals surface area contributed by atoms with Crippen LogP contribution in [0.1, 0.15) is 20.8 Å². The largest absolute Gasteiger partial charge is 0.383 e. The van der Waals surface area contributed by atoms with Gasteiger partial charge in [0.05, 0.1) is 17.2 Å². The molecule has 10 heteroatoms. The number of ether oxygens (including phenoxy) is 1. The van der Waals surface area contributed by atoms with E-state index in [9.17, 15) is 18.4 Å². The van der Waals surface area contributed by atoms with Gasteiger partial charge in [0.2, 0.25) is 0 Å². The van der Waals surface area contributed by atoms with Crippen LogP contribution in [-0.4, -0.2) is 54.2 Å². The van der Waals surface area contributed by atoms with Crippen molar-refractivity contribution in [2.45, 2.75) is 0 Å². The van der Waals surface area contributed by atoms with E-state index in [-0.39, 0.29) is 28.0 Å². The number of likely N-dealkylation sites (N-methyl/N-ethyl adjacent to an activating group) is 1. The Hall–Kier alpha value is -2.52. The van der Waals surface area contributed by atoms with E-state index in [0.29, 0.717) is 25.3 Å². The fraction of sp³-hybridized carbons (Fsp3) is 0.267. The molecule has 0 fully saturated rings. The predicted octanol–water partition coefficient (Wildman–Crippen LogP) is 2.31. The number of carbonyl (C=O) groups is 2. The number of hydrogen-bond acceptors (Lipinski definition) is 4. The average molecular weight is 373 g/mol. The van der Waals surface area contributed by atoms with Gasteiger partial charge in [0.25, 0.3) is 11.8 Å². The third-order valence-corrected chi connectivity index (χ3v) is 3.59. The zero-order chi connectivity index (χ0) is 18.6. The number of nitrogens with one attached hydrogen (secondary N) is 2. The number of nitrogens with zero attached hydrogens (tertiary/aromatic N) is 2. The highest BCUT2D eigenvalue weighted by Crippen LogP contribution is 2.21. The molecule has 0 spiro atoms.